The van der Waals surface area contributed by atoms with Crippen molar-refractivity contribution in [2.75, 3.05) is 10.6 Å². The molecule has 0 unspecified atom stereocenters. The van der Waals surface area contributed by atoms with E-state index in [0.717, 1.165) is 24.4 Å². The molecule has 2 N–H and O–H groups in total. The Hall–Kier alpha value is -2.18. The summed E-state index contributed by atoms with van der Waals surface area (Å²) >= 11 is 0. The van der Waals surface area contributed by atoms with Crippen molar-refractivity contribution >= 4 is 11.4 Å². The highest BCUT2D eigenvalue weighted by atomic mass is 19.1. The zero-order chi connectivity index (χ0) is 14.8. The van der Waals surface area contributed by atoms with Crippen LogP contribution in [0, 0.1) is 5.82 Å². The minimum Gasteiger partial charge on any atom is -0.381 e. The lowest BCUT2D eigenvalue weighted by Gasteiger charge is -2.16. The second-order valence-electron chi connectivity index (χ2n) is 5.59. The van der Waals surface area contributed by atoms with Gasteiger partial charge in [-0.15, -0.1) is 5.10 Å². The number of rotatable bonds is 6. The quantitative estimate of drug-likeness (QED) is 0.856. The molecule has 2 aromatic rings. The van der Waals surface area contributed by atoms with Crippen molar-refractivity contribution in [2.24, 2.45) is 0 Å². The topological polar surface area (TPSA) is 67.7 Å². The first-order chi connectivity index (χ1) is 10.1. The van der Waals surface area contributed by atoms with Crippen molar-refractivity contribution in [3.63, 3.8) is 0 Å². The molecule has 1 aliphatic carbocycles. The van der Waals surface area contributed by atoms with Gasteiger partial charge in [0.25, 0.3) is 0 Å². The number of aromatic nitrogens is 4. The monoisotopic (exact) mass is 290 g/mol. The number of halogens is 1. The smallest absolute Gasteiger partial charge is 0.170 e. The third kappa shape index (κ3) is 3.12. The van der Waals surface area contributed by atoms with Gasteiger partial charge in [0.2, 0.25) is 0 Å². The number of nitrogens with one attached hydrogen (secondary N) is 2. The number of anilines is 2. The van der Waals surface area contributed by atoms with Gasteiger partial charge in [0.05, 0.1) is 24.0 Å². The number of para-hydroxylation sites is 1. The summed E-state index contributed by atoms with van der Waals surface area (Å²) in [5.74, 6) is 0.447. The summed E-state index contributed by atoms with van der Waals surface area (Å²) in [6, 6.07) is 5.63. The van der Waals surface area contributed by atoms with Gasteiger partial charge in [-0.25, -0.2) is 9.07 Å². The van der Waals surface area contributed by atoms with Crippen molar-refractivity contribution in [1.82, 2.24) is 20.2 Å². The standard InChI is InChI=1S/C14H19FN6/c1-9(2)17-12-5-3-4-11(15)14(12)16-8-13-18-19-20-21(13)10-6-7-10/h3-5,9-10,16-17H,6-8H2,1-2H3. The molecule has 0 aliphatic heterocycles. The summed E-state index contributed by atoms with van der Waals surface area (Å²) in [5.41, 5.74) is 1.20. The molecule has 0 amide bonds. The van der Waals surface area contributed by atoms with Gasteiger partial charge in [0, 0.05) is 6.04 Å². The Labute approximate surface area is 122 Å². The van der Waals surface area contributed by atoms with Crippen LogP contribution in [0.5, 0.6) is 0 Å². The summed E-state index contributed by atoms with van der Waals surface area (Å²) < 4.78 is 15.9. The largest absolute Gasteiger partial charge is 0.381 e. The van der Waals surface area contributed by atoms with E-state index in [0.29, 0.717) is 18.3 Å². The van der Waals surface area contributed by atoms with Crippen LogP contribution in [-0.4, -0.2) is 26.2 Å². The molecule has 1 aromatic heterocycles. The Morgan fingerprint density at radius 1 is 1.38 bits per heavy atom. The number of hydrogen-bond donors (Lipinski definition) is 2. The lowest BCUT2D eigenvalue weighted by molar-refractivity contribution is 0.585. The summed E-state index contributed by atoms with van der Waals surface area (Å²) in [5, 5.41) is 18.0. The van der Waals surface area contributed by atoms with E-state index in [9.17, 15) is 4.39 Å². The molecule has 1 saturated carbocycles. The SMILES string of the molecule is CC(C)Nc1cccc(F)c1NCc1nnnn1C1CC1. The fourth-order valence-corrected chi connectivity index (χ4v) is 2.23. The lowest BCUT2D eigenvalue weighted by Crippen LogP contribution is -2.14. The molecule has 0 bridgehead atoms. The Balaban J connectivity index is 1.76. The molecule has 1 fully saturated rings. The average molecular weight is 290 g/mol. The zero-order valence-electron chi connectivity index (χ0n) is 12.2. The van der Waals surface area contributed by atoms with Crippen LogP contribution < -0.4 is 10.6 Å². The first kappa shape index (κ1) is 13.8. The molecular weight excluding hydrogens is 271 g/mol. The van der Waals surface area contributed by atoms with Crippen LogP contribution in [-0.2, 0) is 6.54 Å². The highest BCUT2D eigenvalue weighted by molar-refractivity contribution is 5.69. The molecule has 1 heterocycles. The third-order valence-electron chi connectivity index (χ3n) is 3.33. The van der Waals surface area contributed by atoms with Gasteiger partial charge >= 0.3 is 0 Å². The van der Waals surface area contributed by atoms with Crippen LogP contribution in [0.15, 0.2) is 18.2 Å². The Morgan fingerprint density at radius 2 is 2.19 bits per heavy atom. The van der Waals surface area contributed by atoms with Crippen molar-refractivity contribution in [1.29, 1.82) is 0 Å². The molecule has 21 heavy (non-hydrogen) atoms. The molecule has 1 aromatic carbocycles. The van der Waals surface area contributed by atoms with E-state index in [1.54, 1.807) is 6.07 Å². The molecule has 0 saturated heterocycles. The molecule has 7 heteroatoms. The van der Waals surface area contributed by atoms with E-state index in [1.807, 2.05) is 24.6 Å². The van der Waals surface area contributed by atoms with Crippen molar-refractivity contribution in [3.8, 4) is 0 Å². The maximum Gasteiger partial charge on any atom is 0.170 e. The van der Waals surface area contributed by atoms with Crippen molar-refractivity contribution < 1.29 is 4.39 Å². The minimum atomic E-state index is -0.286. The lowest BCUT2D eigenvalue weighted by atomic mass is 10.2. The number of nitrogens with zero attached hydrogens (tertiary/aromatic N) is 4. The van der Waals surface area contributed by atoms with Crippen LogP contribution >= 0.6 is 0 Å². The summed E-state index contributed by atoms with van der Waals surface area (Å²) in [7, 11) is 0. The van der Waals surface area contributed by atoms with Gasteiger partial charge < -0.3 is 10.6 Å². The number of tetrazole rings is 1. The maximum absolute atomic E-state index is 14.0. The molecule has 0 radical (unpaired) electrons. The van der Waals surface area contributed by atoms with Crippen LogP contribution in [0.1, 0.15) is 38.6 Å². The van der Waals surface area contributed by atoms with Crippen LogP contribution in [0.4, 0.5) is 15.8 Å². The van der Waals surface area contributed by atoms with Crippen molar-refractivity contribution in [2.45, 2.75) is 45.3 Å². The second-order valence-corrected chi connectivity index (χ2v) is 5.59. The van der Waals surface area contributed by atoms with E-state index >= 15 is 0 Å². The van der Waals surface area contributed by atoms with Gasteiger partial charge in [0.1, 0.15) is 5.82 Å². The first-order valence-corrected chi connectivity index (χ1v) is 7.21. The molecule has 6 nitrogen and oxygen atoms in total. The Bertz CT molecular complexity index is 620. The van der Waals surface area contributed by atoms with E-state index in [4.69, 9.17) is 0 Å². The molecule has 1 aliphatic rings. The Kier molecular flexibility index (Phi) is 3.72. The van der Waals surface area contributed by atoms with E-state index < -0.39 is 0 Å². The predicted molar refractivity (Wildman–Crippen MR) is 78.6 cm³/mol. The fourth-order valence-electron chi connectivity index (χ4n) is 2.23. The molecular formula is C14H19FN6. The summed E-state index contributed by atoms with van der Waals surface area (Å²) in [4.78, 5) is 0. The molecule has 0 atom stereocenters. The van der Waals surface area contributed by atoms with E-state index in [2.05, 4.69) is 26.2 Å². The highest BCUT2D eigenvalue weighted by Crippen LogP contribution is 2.34. The maximum atomic E-state index is 14.0. The number of hydrogen-bond acceptors (Lipinski definition) is 5. The van der Waals surface area contributed by atoms with E-state index in [1.165, 1.54) is 6.07 Å². The van der Waals surface area contributed by atoms with Gasteiger partial charge in [-0.05, 0) is 49.2 Å². The molecule has 112 valence electrons. The van der Waals surface area contributed by atoms with Crippen LogP contribution in [0.25, 0.3) is 0 Å². The van der Waals surface area contributed by atoms with Gasteiger partial charge in [-0.3, -0.25) is 0 Å². The van der Waals surface area contributed by atoms with Crippen molar-refractivity contribution in [3.05, 3.63) is 29.8 Å². The number of benzene rings is 1. The predicted octanol–water partition coefficient (Wildman–Crippen LogP) is 2.58. The van der Waals surface area contributed by atoms with Gasteiger partial charge in [-0.2, -0.15) is 0 Å². The molecule has 3 rings (SSSR count). The molecule has 0 spiro atoms. The fraction of sp³-hybridized carbons (Fsp3) is 0.500. The van der Waals surface area contributed by atoms with Gasteiger partial charge in [0.15, 0.2) is 5.82 Å². The summed E-state index contributed by atoms with van der Waals surface area (Å²) in [6.07, 6.45) is 2.22. The van der Waals surface area contributed by atoms with Crippen LogP contribution in [0.3, 0.4) is 0 Å². The first-order valence-electron chi connectivity index (χ1n) is 7.21. The third-order valence-corrected chi connectivity index (χ3v) is 3.33. The highest BCUT2D eigenvalue weighted by Gasteiger charge is 2.27. The minimum absolute atomic E-state index is 0.226. The van der Waals surface area contributed by atoms with E-state index in [-0.39, 0.29) is 11.9 Å². The average Bonchev–Trinajstić information content (AvgIpc) is 3.17. The summed E-state index contributed by atoms with van der Waals surface area (Å²) in [6.45, 7) is 4.43. The van der Waals surface area contributed by atoms with Crippen LogP contribution in [0.2, 0.25) is 0 Å². The Morgan fingerprint density at radius 3 is 2.90 bits per heavy atom. The van der Waals surface area contributed by atoms with Gasteiger partial charge in [-0.1, -0.05) is 6.07 Å². The second kappa shape index (κ2) is 5.67. The normalized spacial score (nSPS) is 14.5. The zero-order valence-corrected chi connectivity index (χ0v) is 12.2.